The van der Waals surface area contributed by atoms with Crippen molar-refractivity contribution >= 4 is 79.6 Å². The summed E-state index contributed by atoms with van der Waals surface area (Å²) in [6.45, 7) is 0. The van der Waals surface area contributed by atoms with Gasteiger partial charge in [0.1, 0.15) is 5.75 Å². The van der Waals surface area contributed by atoms with Crippen molar-refractivity contribution < 1.29 is 5.11 Å². The van der Waals surface area contributed by atoms with Crippen molar-refractivity contribution in [3.63, 3.8) is 0 Å². The van der Waals surface area contributed by atoms with E-state index in [1.54, 1.807) is 6.07 Å². The van der Waals surface area contributed by atoms with E-state index in [9.17, 15) is 5.11 Å². The number of aromatic hydroxyl groups is 1. The molecule has 6 heteroatoms. The van der Waals surface area contributed by atoms with E-state index in [0.29, 0.717) is 0 Å². The lowest BCUT2D eigenvalue weighted by Crippen LogP contribution is -1.86. The van der Waals surface area contributed by atoms with Crippen LogP contribution in [0.3, 0.4) is 0 Å². The van der Waals surface area contributed by atoms with Gasteiger partial charge in [-0.15, -0.1) is 0 Å². The molecule has 0 aliphatic carbocycles. The predicted octanol–water partition coefficient (Wildman–Crippen LogP) is 6.87. The Bertz CT molecular complexity index is 624. The van der Waals surface area contributed by atoms with Gasteiger partial charge in [-0.25, -0.2) is 0 Å². The molecule has 2 rings (SSSR count). The van der Waals surface area contributed by atoms with Gasteiger partial charge in [-0.1, -0.05) is 37.9 Å². The molecule has 0 radical (unpaired) electrons. The number of phenolic OH excluding ortho intramolecular Hbond substituents is 1. The average Bonchev–Trinajstić information content (AvgIpc) is 2.29. The first-order valence-corrected chi connectivity index (χ1v) is 8.70. The molecule has 18 heavy (non-hydrogen) atoms. The SMILES string of the molecule is Oc1cc(Br)c(Br)c(Br)c1-c1ccc(Br)cc1Br. The summed E-state index contributed by atoms with van der Waals surface area (Å²) in [7, 11) is 0. The highest BCUT2D eigenvalue weighted by Crippen LogP contribution is 2.46. The monoisotopic (exact) mass is 560 g/mol. The van der Waals surface area contributed by atoms with Crippen molar-refractivity contribution in [2.75, 3.05) is 0 Å². The van der Waals surface area contributed by atoms with Crippen LogP contribution in [0.15, 0.2) is 46.6 Å². The zero-order chi connectivity index (χ0) is 13.4. The van der Waals surface area contributed by atoms with Crippen molar-refractivity contribution in [2.45, 2.75) is 0 Å². The van der Waals surface area contributed by atoms with Crippen LogP contribution < -0.4 is 0 Å². The Kier molecular flexibility index (Phi) is 4.97. The standard InChI is InChI=1S/C12H5Br5O/c13-5-1-2-6(7(14)3-5)10-9(18)4-8(15)11(16)12(10)17/h1-4,18H. The highest BCUT2D eigenvalue weighted by molar-refractivity contribution is 9.14. The molecule has 0 amide bonds. The first-order valence-electron chi connectivity index (χ1n) is 4.73. The van der Waals surface area contributed by atoms with E-state index in [0.717, 1.165) is 33.5 Å². The fourth-order valence-corrected chi connectivity index (χ4v) is 4.40. The van der Waals surface area contributed by atoms with Crippen molar-refractivity contribution in [3.8, 4) is 16.9 Å². The normalized spacial score (nSPS) is 10.7. The first kappa shape index (κ1) is 15.0. The molecule has 94 valence electrons. The van der Waals surface area contributed by atoms with Crippen molar-refractivity contribution in [1.29, 1.82) is 0 Å². The highest BCUT2D eigenvalue weighted by atomic mass is 79.9. The van der Waals surface area contributed by atoms with Crippen LogP contribution in [0.4, 0.5) is 0 Å². The molecular weight excluding hydrogens is 560 g/mol. The third-order valence-electron chi connectivity index (χ3n) is 2.34. The number of halogens is 5. The van der Waals surface area contributed by atoms with Gasteiger partial charge in [0.25, 0.3) is 0 Å². The van der Waals surface area contributed by atoms with Crippen LogP contribution in [0, 0.1) is 0 Å². The third-order valence-corrected chi connectivity index (χ3v) is 6.80. The molecule has 0 aliphatic heterocycles. The van der Waals surface area contributed by atoms with Crippen LogP contribution in [0.2, 0.25) is 0 Å². The number of phenols is 1. The maximum Gasteiger partial charge on any atom is 0.125 e. The van der Waals surface area contributed by atoms with Gasteiger partial charge in [-0.3, -0.25) is 0 Å². The van der Waals surface area contributed by atoms with Gasteiger partial charge < -0.3 is 5.11 Å². The molecule has 2 aromatic rings. The fourth-order valence-electron chi connectivity index (χ4n) is 1.53. The Morgan fingerprint density at radius 3 is 2.06 bits per heavy atom. The summed E-state index contributed by atoms with van der Waals surface area (Å²) >= 11 is 17.3. The maximum absolute atomic E-state index is 10.1. The van der Waals surface area contributed by atoms with Crippen LogP contribution >= 0.6 is 79.6 Å². The fraction of sp³-hybridized carbons (Fsp3) is 0. The Labute approximate surface area is 147 Å². The number of rotatable bonds is 1. The summed E-state index contributed by atoms with van der Waals surface area (Å²) in [5.41, 5.74) is 1.65. The Balaban J connectivity index is 2.75. The lowest BCUT2D eigenvalue weighted by atomic mass is 10.1. The molecule has 0 aliphatic rings. The van der Waals surface area contributed by atoms with E-state index in [-0.39, 0.29) is 5.75 Å². The van der Waals surface area contributed by atoms with Crippen molar-refractivity contribution in [1.82, 2.24) is 0 Å². The molecule has 0 fully saturated rings. The summed E-state index contributed by atoms with van der Waals surface area (Å²) in [6.07, 6.45) is 0. The van der Waals surface area contributed by atoms with Crippen LogP contribution in [-0.2, 0) is 0 Å². The molecule has 0 saturated carbocycles. The summed E-state index contributed by atoms with van der Waals surface area (Å²) in [5.74, 6) is 0.208. The second-order valence-electron chi connectivity index (χ2n) is 3.50. The molecule has 0 bridgehead atoms. The molecule has 1 N–H and O–H groups in total. The van der Waals surface area contributed by atoms with Gasteiger partial charge >= 0.3 is 0 Å². The zero-order valence-electron chi connectivity index (χ0n) is 8.65. The predicted molar refractivity (Wildman–Crippen MR) is 92.0 cm³/mol. The summed E-state index contributed by atoms with van der Waals surface area (Å²) in [5, 5.41) is 10.1. The van der Waals surface area contributed by atoms with E-state index < -0.39 is 0 Å². The van der Waals surface area contributed by atoms with Gasteiger partial charge in [0.2, 0.25) is 0 Å². The third kappa shape index (κ3) is 2.87. The lowest BCUT2D eigenvalue weighted by molar-refractivity contribution is 0.476. The van der Waals surface area contributed by atoms with Crippen molar-refractivity contribution in [3.05, 3.63) is 46.6 Å². The Morgan fingerprint density at radius 1 is 0.778 bits per heavy atom. The summed E-state index contributed by atoms with van der Waals surface area (Å²) in [4.78, 5) is 0. The van der Waals surface area contributed by atoms with E-state index in [4.69, 9.17) is 0 Å². The summed E-state index contributed by atoms with van der Waals surface area (Å²) < 4.78 is 4.35. The van der Waals surface area contributed by atoms with Gasteiger partial charge in [-0.2, -0.15) is 0 Å². The molecule has 0 spiro atoms. The number of benzene rings is 2. The second kappa shape index (κ2) is 5.95. The lowest BCUT2D eigenvalue weighted by Gasteiger charge is -2.12. The minimum absolute atomic E-state index is 0.208. The van der Waals surface area contributed by atoms with E-state index in [1.807, 2.05) is 18.2 Å². The van der Waals surface area contributed by atoms with Gasteiger partial charge in [-0.05, 0) is 66.0 Å². The Morgan fingerprint density at radius 2 is 1.44 bits per heavy atom. The molecule has 0 unspecified atom stereocenters. The molecule has 2 aromatic carbocycles. The first-order chi connectivity index (χ1) is 8.41. The zero-order valence-corrected chi connectivity index (χ0v) is 16.6. The van der Waals surface area contributed by atoms with Crippen LogP contribution in [0.5, 0.6) is 5.75 Å². The van der Waals surface area contributed by atoms with Crippen molar-refractivity contribution in [2.24, 2.45) is 0 Å². The summed E-state index contributed by atoms with van der Waals surface area (Å²) in [6, 6.07) is 7.48. The van der Waals surface area contributed by atoms with E-state index in [1.165, 1.54) is 0 Å². The van der Waals surface area contributed by atoms with E-state index >= 15 is 0 Å². The largest absolute Gasteiger partial charge is 0.507 e. The molecule has 1 nitrogen and oxygen atoms in total. The molecular formula is C12H5Br5O. The second-order valence-corrected chi connectivity index (χ2v) is 7.71. The maximum atomic E-state index is 10.1. The highest BCUT2D eigenvalue weighted by Gasteiger charge is 2.17. The van der Waals surface area contributed by atoms with Gasteiger partial charge in [0.05, 0.1) is 0 Å². The van der Waals surface area contributed by atoms with Crippen LogP contribution in [0.1, 0.15) is 0 Å². The van der Waals surface area contributed by atoms with Gasteiger partial charge in [0, 0.05) is 33.5 Å². The number of hydrogen-bond acceptors (Lipinski definition) is 1. The minimum atomic E-state index is 0.208. The van der Waals surface area contributed by atoms with Crippen LogP contribution in [0.25, 0.3) is 11.1 Å². The molecule has 0 aromatic heterocycles. The average molecular weight is 565 g/mol. The Hall–Kier alpha value is 0.640. The molecule has 0 atom stereocenters. The smallest absolute Gasteiger partial charge is 0.125 e. The molecule has 0 saturated heterocycles. The van der Waals surface area contributed by atoms with Gasteiger partial charge in [0.15, 0.2) is 0 Å². The molecule has 0 heterocycles. The topological polar surface area (TPSA) is 20.2 Å². The van der Waals surface area contributed by atoms with E-state index in [2.05, 4.69) is 79.6 Å². The minimum Gasteiger partial charge on any atom is -0.507 e. The van der Waals surface area contributed by atoms with Crippen LogP contribution in [-0.4, -0.2) is 5.11 Å². The quantitative estimate of drug-likeness (QED) is 0.375. The number of hydrogen-bond donors (Lipinski definition) is 1.